The summed E-state index contributed by atoms with van der Waals surface area (Å²) in [5.41, 5.74) is 7.37. The zero-order chi connectivity index (χ0) is 19.7. The number of H-pyrrole nitrogens is 1. The van der Waals surface area contributed by atoms with Crippen LogP contribution in [0, 0.1) is 0 Å². The van der Waals surface area contributed by atoms with Crippen LogP contribution in [0.25, 0.3) is 22.2 Å². The molecule has 0 radical (unpaired) electrons. The van der Waals surface area contributed by atoms with Gasteiger partial charge in [-0.05, 0) is 24.3 Å². The van der Waals surface area contributed by atoms with E-state index in [1.54, 1.807) is 17.2 Å². The van der Waals surface area contributed by atoms with Crippen LogP contribution >= 0.6 is 0 Å². The zero-order valence-corrected chi connectivity index (χ0v) is 15.6. The Morgan fingerprint density at radius 3 is 2.68 bits per heavy atom. The number of furan rings is 1. The lowest BCUT2D eigenvalue weighted by Crippen LogP contribution is -2.48. The van der Waals surface area contributed by atoms with Crippen molar-refractivity contribution in [2.75, 3.05) is 33.3 Å². The summed E-state index contributed by atoms with van der Waals surface area (Å²) in [6.07, 6.45) is 1.56. The minimum Gasteiger partial charge on any atom is -0.496 e. The second kappa shape index (κ2) is 7.49. The van der Waals surface area contributed by atoms with Crippen LogP contribution in [0.1, 0.15) is 16.1 Å². The maximum atomic E-state index is 13.0. The Balaban J connectivity index is 1.78. The maximum Gasteiger partial charge on any atom is 0.295 e. The van der Waals surface area contributed by atoms with Gasteiger partial charge in [0.05, 0.1) is 30.1 Å². The number of amides is 1. The highest BCUT2D eigenvalue weighted by Gasteiger charge is 2.28. The molecule has 0 spiro atoms. The van der Waals surface area contributed by atoms with E-state index in [1.807, 2.05) is 18.2 Å². The molecule has 3 aromatic rings. The summed E-state index contributed by atoms with van der Waals surface area (Å²) in [6, 6.07) is 7.26. The van der Waals surface area contributed by atoms with Crippen LogP contribution in [-0.2, 0) is 11.3 Å². The topological polar surface area (TPSA) is 114 Å². The van der Waals surface area contributed by atoms with Crippen molar-refractivity contribution in [1.29, 1.82) is 0 Å². The van der Waals surface area contributed by atoms with E-state index in [2.05, 4.69) is 10.3 Å². The third-order valence-corrected chi connectivity index (χ3v) is 4.99. The largest absolute Gasteiger partial charge is 0.496 e. The molecule has 0 aliphatic carbocycles. The van der Waals surface area contributed by atoms with E-state index in [1.165, 1.54) is 7.11 Å². The summed E-state index contributed by atoms with van der Waals surface area (Å²) < 4.78 is 11.2. The standard InChI is InChI=1S/C20H22N4O4/c1-27-16-5-3-13(15-4-2-12(10-21)28-15)18-17(16)14(11-23-18)19(25)20(26)24-8-6-22-7-9-24/h2-5,11,22-23H,6-10,21H2,1H3. The molecule has 0 bridgehead atoms. The van der Waals surface area contributed by atoms with Crippen molar-refractivity contribution in [2.24, 2.45) is 5.73 Å². The molecule has 0 unspecified atom stereocenters. The van der Waals surface area contributed by atoms with Crippen LogP contribution in [0.4, 0.5) is 0 Å². The number of methoxy groups -OCH3 is 1. The number of carbonyl (C=O) groups is 2. The number of piperazine rings is 1. The normalized spacial score (nSPS) is 14.4. The van der Waals surface area contributed by atoms with E-state index in [0.29, 0.717) is 66.5 Å². The Morgan fingerprint density at radius 1 is 1.21 bits per heavy atom. The Labute approximate surface area is 161 Å². The minimum absolute atomic E-state index is 0.294. The molecule has 28 heavy (non-hydrogen) atoms. The van der Waals surface area contributed by atoms with Crippen LogP contribution < -0.4 is 15.8 Å². The fraction of sp³-hybridized carbons (Fsp3) is 0.300. The van der Waals surface area contributed by atoms with Gasteiger partial charge in [-0.2, -0.15) is 0 Å². The molecule has 4 N–H and O–H groups in total. The van der Waals surface area contributed by atoms with Gasteiger partial charge in [-0.25, -0.2) is 0 Å². The lowest BCUT2D eigenvalue weighted by molar-refractivity contribution is -0.126. The van der Waals surface area contributed by atoms with E-state index < -0.39 is 11.7 Å². The van der Waals surface area contributed by atoms with Gasteiger partial charge in [0.2, 0.25) is 0 Å². The molecule has 0 saturated carbocycles. The Morgan fingerprint density at radius 2 is 2.00 bits per heavy atom. The van der Waals surface area contributed by atoms with E-state index in [9.17, 15) is 9.59 Å². The third-order valence-electron chi connectivity index (χ3n) is 4.99. The first-order valence-electron chi connectivity index (χ1n) is 9.15. The Hall–Kier alpha value is -3.10. The van der Waals surface area contributed by atoms with Crippen molar-refractivity contribution in [2.45, 2.75) is 6.54 Å². The number of hydrogen-bond acceptors (Lipinski definition) is 6. The van der Waals surface area contributed by atoms with Crippen molar-refractivity contribution in [3.8, 4) is 17.1 Å². The second-order valence-electron chi connectivity index (χ2n) is 6.61. The number of ketones is 1. The molecule has 1 aliphatic heterocycles. The van der Waals surface area contributed by atoms with Crippen LogP contribution in [-0.4, -0.2) is 54.9 Å². The molecule has 1 aliphatic rings. The number of hydrogen-bond donors (Lipinski definition) is 3. The number of benzene rings is 1. The fourth-order valence-corrected chi connectivity index (χ4v) is 3.53. The lowest BCUT2D eigenvalue weighted by Gasteiger charge is -2.26. The minimum atomic E-state index is -0.550. The van der Waals surface area contributed by atoms with E-state index in [4.69, 9.17) is 14.9 Å². The molecule has 146 valence electrons. The molecule has 8 nitrogen and oxygen atoms in total. The zero-order valence-electron chi connectivity index (χ0n) is 15.6. The first-order chi connectivity index (χ1) is 13.6. The lowest BCUT2D eigenvalue weighted by atomic mass is 10.0. The number of aromatic amines is 1. The molecule has 1 saturated heterocycles. The summed E-state index contributed by atoms with van der Waals surface area (Å²) in [5, 5.41) is 3.74. The quantitative estimate of drug-likeness (QED) is 0.455. The van der Waals surface area contributed by atoms with Gasteiger partial charge in [-0.3, -0.25) is 9.59 Å². The van der Waals surface area contributed by atoms with E-state index >= 15 is 0 Å². The first kappa shape index (κ1) is 18.3. The van der Waals surface area contributed by atoms with Crippen molar-refractivity contribution in [3.63, 3.8) is 0 Å². The van der Waals surface area contributed by atoms with Crippen LogP contribution in [0.5, 0.6) is 5.75 Å². The van der Waals surface area contributed by atoms with Gasteiger partial charge in [-0.1, -0.05) is 0 Å². The first-order valence-corrected chi connectivity index (χ1v) is 9.15. The van der Waals surface area contributed by atoms with Gasteiger partial charge in [0.15, 0.2) is 0 Å². The number of nitrogens with zero attached hydrogens (tertiary/aromatic N) is 1. The molecular formula is C20H22N4O4. The highest BCUT2D eigenvalue weighted by Crippen LogP contribution is 2.37. The van der Waals surface area contributed by atoms with E-state index in [0.717, 1.165) is 5.56 Å². The molecule has 8 heteroatoms. The van der Waals surface area contributed by atoms with Gasteiger partial charge in [0.1, 0.15) is 17.3 Å². The van der Waals surface area contributed by atoms with Crippen molar-refractivity contribution >= 4 is 22.6 Å². The maximum absolute atomic E-state index is 13.0. The summed E-state index contributed by atoms with van der Waals surface area (Å²) in [7, 11) is 1.53. The molecule has 1 fully saturated rings. The van der Waals surface area contributed by atoms with Crippen molar-refractivity contribution in [1.82, 2.24) is 15.2 Å². The number of nitrogens with one attached hydrogen (secondary N) is 2. The molecule has 1 aromatic carbocycles. The van der Waals surface area contributed by atoms with Crippen molar-refractivity contribution in [3.05, 3.63) is 41.8 Å². The van der Waals surface area contributed by atoms with Crippen molar-refractivity contribution < 1.29 is 18.7 Å². The number of aromatic nitrogens is 1. The average Bonchev–Trinajstić information content (AvgIpc) is 3.40. The van der Waals surface area contributed by atoms with Gasteiger partial charge in [0, 0.05) is 37.9 Å². The molecule has 0 atom stereocenters. The van der Waals surface area contributed by atoms with Gasteiger partial charge in [-0.15, -0.1) is 0 Å². The van der Waals surface area contributed by atoms with E-state index in [-0.39, 0.29) is 0 Å². The highest BCUT2D eigenvalue weighted by molar-refractivity contribution is 6.45. The van der Waals surface area contributed by atoms with Crippen LogP contribution in [0.15, 0.2) is 34.9 Å². The number of Topliss-reactive ketones (excluding diaryl/α,β-unsaturated/α-hetero) is 1. The Kier molecular flexibility index (Phi) is 4.89. The number of nitrogens with two attached hydrogens (primary N) is 1. The Bertz CT molecular complexity index is 1030. The van der Waals surface area contributed by atoms with Gasteiger partial charge in [0.25, 0.3) is 11.7 Å². The monoisotopic (exact) mass is 382 g/mol. The summed E-state index contributed by atoms with van der Waals surface area (Å²) >= 11 is 0. The molecule has 1 amide bonds. The van der Waals surface area contributed by atoms with Gasteiger partial charge < -0.3 is 30.1 Å². The predicted octanol–water partition coefficient (Wildman–Crippen LogP) is 1.51. The summed E-state index contributed by atoms with van der Waals surface area (Å²) in [6.45, 7) is 2.70. The van der Waals surface area contributed by atoms with Crippen LogP contribution in [0.3, 0.4) is 0 Å². The second-order valence-corrected chi connectivity index (χ2v) is 6.61. The summed E-state index contributed by atoms with van der Waals surface area (Å²) in [4.78, 5) is 30.4. The number of carbonyl (C=O) groups excluding carboxylic acids is 2. The SMILES string of the molecule is COc1ccc(-c2ccc(CN)o2)c2[nH]cc(C(=O)C(=O)N3CCNCC3)c12. The molecule has 4 rings (SSSR count). The number of rotatable bonds is 5. The van der Waals surface area contributed by atoms with Gasteiger partial charge >= 0.3 is 0 Å². The highest BCUT2D eigenvalue weighted by atomic mass is 16.5. The smallest absolute Gasteiger partial charge is 0.295 e. The molecule has 3 heterocycles. The summed E-state index contributed by atoms with van der Waals surface area (Å²) in [5.74, 6) is 0.754. The predicted molar refractivity (Wildman–Crippen MR) is 104 cm³/mol. The average molecular weight is 382 g/mol. The number of ether oxygens (including phenoxy) is 1. The number of fused-ring (bicyclic) bond motifs is 1. The third kappa shape index (κ3) is 3.06. The molecule has 2 aromatic heterocycles. The molecular weight excluding hydrogens is 360 g/mol. The van der Waals surface area contributed by atoms with Crippen LogP contribution in [0.2, 0.25) is 0 Å². The fourth-order valence-electron chi connectivity index (χ4n) is 3.53.